The summed E-state index contributed by atoms with van der Waals surface area (Å²) in [7, 11) is -1.98. The van der Waals surface area contributed by atoms with Crippen LogP contribution in [0.1, 0.15) is 19.8 Å². The lowest BCUT2D eigenvalue weighted by molar-refractivity contribution is -0.131. The number of sulfone groups is 1. The fourth-order valence-electron chi connectivity index (χ4n) is 2.63. The lowest BCUT2D eigenvalue weighted by atomic mass is 10.1. The van der Waals surface area contributed by atoms with Gasteiger partial charge in [-0.05, 0) is 51.1 Å². The van der Waals surface area contributed by atoms with Gasteiger partial charge in [-0.3, -0.25) is 4.79 Å². The first kappa shape index (κ1) is 16.9. The zero-order valence-corrected chi connectivity index (χ0v) is 13.6. The van der Waals surface area contributed by atoms with Crippen molar-refractivity contribution in [2.24, 2.45) is 0 Å². The van der Waals surface area contributed by atoms with E-state index in [0.29, 0.717) is 13.1 Å². The number of hydrogen-bond acceptors (Lipinski definition) is 4. The van der Waals surface area contributed by atoms with E-state index < -0.39 is 26.8 Å². The molecule has 122 valence electrons. The lowest BCUT2D eigenvalue weighted by Crippen LogP contribution is -2.50. The number of likely N-dealkylation sites (tertiary alicyclic amines) is 1. The molecule has 1 aliphatic heterocycles. The van der Waals surface area contributed by atoms with Crippen LogP contribution >= 0.6 is 0 Å². The Morgan fingerprint density at radius 2 is 2.00 bits per heavy atom. The molecular weight excluding hydrogens is 307 g/mol. The molecule has 1 saturated heterocycles. The third kappa shape index (κ3) is 3.47. The highest BCUT2D eigenvalue weighted by Gasteiger charge is 2.34. The Hall–Kier alpha value is -1.47. The number of halogens is 1. The molecule has 1 fully saturated rings. The predicted molar refractivity (Wildman–Crippen MR) is 81.7 cm³/mol. The molecule has 5 nitrogen and oxygen atoms in total. The molecule has 0 radical (unpaired) electrons. The largest absolute Gasteiger partial charge is 0.340 e. The molecule has 1 aromatic carbocycles. The van der Waals surface area contributed by atoms with Gasteiger partial charge in [0.1, 0.15) is 11.1 Å². The van der Waals surface area contributed by atoms with E-state index in [4.69, 9.17) is 0 Å². The summed E-state index contributed by atoms with van der Waals surface area (Å²) >= 11 is 0. The average molecular weight is 328 g/mol. The van der Waals surface area contributed by atoms with Gasteiger partial charge < -0.3 is 10.2 Å². The molecule has 0 saturated carbocycles. The molecule has 22 heavy (non-hydrogen) atoms. The average Bonchev–Trinajstić information content (AvgIpc) is 2.53. The number of hydrogen-bond donors (Lipinski definition) is 1. The quantitative estimate of drug-likeness (QED) is 0.844. The minimum Gasteiger partial charge on any atom is -0.340 e. The number of carbonyl (C=O) groups is 1. The molecule has 1 amide bonds. The van der Waals surface area contributed by atoms with Crippen LogP contribution in [0, 0.1) is 5.82 Å². The number of rotatable bonds is 4. The van der Waals surface area contributed by atoms with Crippen molar-refractivity contribution >= 4 is 15.7 Å². The SMILES string of the molecule is CN[C@H]1CCCN(C(=O)[C@@H](C)S(=O)(=O)c2ccc(F)cc2)C1. The van der Waals surface area contributed by atoms with E-state index in [2.05, 4.69) is 5.32 Å². The van der Waals surface area contributed by atoms with E-state index in [9.17, 15) is 17.6 Å². The van der Waals surface area contributed by atoms with Gasteiger partial charge >= 0.3 is 0 Å². The summed E-state index contributed by atoms with van der Waals surface area (Å²) in [6.07, 6.45) is 1.82. The molecule has 1 aromatic rings. The summed E-state index contributed by atoms with van der Waals surface area (Å²) < 4.78 is 37.9. The first-order valence-electron chi connectivity index (χ1n) is 7.31. The van der Waals surface area contributed by atoms with Crippen LogP contribution in [0.3, 0.4) is 0 Å². The number of amides is 1. The Labute approximate surface area is 130 Å². The van der Waals surface area contributed by atoms with E-state index in [-0.39, 0.29) is 10.9 Å². The maximum Gasteiger partial charge on any atom is 0.241 e. The third-order valence-corrected chi connectivity index (χ3v) is 6.16. The molecule has 0 bridgehead atoms. The molecule has 0 spiro atoms. The zero-order chi connectivity index (χ0) is 16.3. The maximum absolute atomic E-state index is 12.9. The van der Waals surface area contributed by atoms with Crippen molar-refractivity contribution in [2.45, 2.75) is 36.0 Å². The molecule has 0 unspecified atom stereocenters. The fourth-order valence-corrected chi connectivity index (χ4v) is 3.97. The van der Waals surface area contributed by atoms with E-state index in [1.165, 1.54) is 19.1 Å². The van der Waals surface area contributed by atoms with E-state index in [1.54, 1.807) is 4.90 Å². The van der Waals surface area contributed by atoms with Crippen molar-refractivity contribution in [3.63, 3.8) is 0 Å². The Morgan fingerprint density at radius 1 is 1.36 bits per heavy atom. The number of nitrogens with zero attached hydrogens (tertiary/aromatic N) is 1. The predicted octanol–water partition coefficient (Wildman–Crippen LogP) is 1.20. The number of piperidine rings is 1. The van der Waals surface area contributed by atoms with Gasteiger partial charge in [0.05, 0.1) is 4.90 Å². The highest BCUT2D eigenvalue weighted by atomic mass is 32.2. The minimum absolute atomic E-state index is 0.0306. The second-order valence-electron chi connectivity index (χ2n) is 5.55. The molecule has 2 rings (SSSR count). The van der Waals surface area contributed by atoms with Crippen molar-refractivity contribution in [3.05, 3.63) is 30.1 Å². The lowest BCUT2D eigenvalue weighted by Gasteiger charge is -2.34. The Balaban J connectivity index is 2.17. The number of benzene rings is 1. The topological polar surface area (TPSA) is 66.5 Å². The minimum atomic E-state index is -3.81. The Bertz CT molecular complexity index is 631. The van der Waals surface area contributed by atoms with Gasteiger partial charge in [-0.15, -0.1) is 0 Å². The number of nitrogens with one attached hydrogen (secondary N) is 1. The molecule has 1 heterocycles. The second-order valence-corrected chi connectivity index (χ2v) is 7.82. The highest BCUT2D eigenvalue weighted by Crippen LogP contribution is 2.20. The molecule has 1 aliphatic rings. The van der Waals surface area contributed by atoms with Crippen LogP contribution < -0.4 is 5.32 Å². The van der Waals surface area contributed by atoms with Gasteiger partial charge in [0.15, 0.2) is 9.84 Å². The van der Waals surface area contributed by atoms with Gasteiger partial charge in [-0.2, -0.15) is 0 Å². The third-order valence-electron chi connectivity index (χ3n) is 4.10. The molecule has 2 atom stereocenters. The van der Waals surface area contributed by atoms with E-state index >= 15 is 0 Å². The van der Waals surface area contributed by atoms with Gasteiger partial charge in [-0.1, -0.05) is 0 Å². The maximum atomic E-state index is 12.9. The highest BCUT2D eigenvalue weighted by molar-refractivity contribution is 7.92. The second kappa shape index (κ2) is 6.75. The van der Waals surface area contributed by atoms with Crippen LogP contribution in [0.15, 0.2) is 29.2 Å². The van der Waals surface area contributed by atoms with Crippen LogP contribution in [-0.2, 0) is 14.6 Å². The molecule has 7 heteroatoms. The summed E-state index contributed by atoms with van der Waals surface area (Å²) in [6.45, 7) is 2.48. The van der Waals surface area contributed by atoms with Crippen LogP contribution in [-0.4, -0.2) is 50.7 Å². The first-order chi connectivity index (χ1) is 10.4. The normalized spacial score (nSPS) is 20.7. The van der Waals surface area contributed by atoms with Crippen molar-refractivity contribution in [2.75, 3.05) is 20.1 Å². The molecule has 0 aliphatic carbocycles. The van der Waals surface area contributed by atoms with Gasteiger partial charge in [0.25, 0.3) is 0 Å². The molecule has 0 aromatic heterocycles. The fraction of sp³-hybridized carbons (Fsp3) is 0.533. The number of likely N-dealkylation sites (N-methyl/N-ethyl adjacent to an activating group) is 1. The van der Waals surface area contributed by atoms with Crippen molar-refractivity contribution in [1.82, 2.24) is 10.2 Å². The monoisotopic (exact) mass is 328 g/mol. The molecular formula is C15H21FN2O3S. The summed E-state index contributed by atoms with van der Waals surface area (Å²) in [5, 5.41) is 1.95. The van der Waals surface area contributed by atoms with Crippen LogP contribution in [0.2, 0.25) is 0 Å². The van der Waals surface area contributed by atoms with Crippen LogP contribution in [0.5, 0.6) is 0 Å². The number of carbonyl (C=O) groups excluding carboxylic acids is 1. The van der Waals surface area contributed by atoms with Crippen molar-refractivity contribution < 1.29 is 17.6 Å². The summed E-state index contributed by atoms with van der Waals surface area (Å²) in [5.74, 6) is -0.907. The Kier molecular flexibility index (Phi) is 5.18. The van der Waals surface area contributed by atoms with Gasteiger partial charge in [0.2, 0.25) is 5.91 Å². The standard InChI is InChI=1S/C15H21FN2O3S/c1-11(15(19)18-9-3-4-13(10-18)17-2)22(20,21)14-7-5-12(16)6-8-14/h5-8,11,13,17H,3-4,9-10H2,1-2H3/t11-,13+/m1/s1. The Morgan fingerprint density at radius 3 is 2.59 bits per heavy atom. The summed E-state index contributed by atoms with van der Waals surface area (Å²) in [6, 6.07) is 4.75. The van der Waals surface area contributed by atoms with E-state index in [0.717, 1.165) is 25.0 Å². The smallest absolute Gasteiger partial charge is 0.241 e. The van der Waals surface area contributed by atoms with Crippen LogP contribution in [0.25, 0.3) is 0 Å². The zero-order valence-electron chi connectivity index (χ0n) is 12.8. The van der Waals surface area contributed by atoms with Crippen molar-refractivity contribution in [3.8, 4) is 0 Å². The van der Waals surface area contributed by atoms with Crippen LogP contribution in [0.4, 0.5) is 4.39 Å². The van der Waals surface area contributed by atoms with E-state index in [1.807, 2.05) is 7.05 Å². The van der Waals surface area contributed by atoms with Crippen molar-refractivity contribution in [1.29, 1.82) is 0 Å². The van der Waals surface area contributed by atoms with Gasteiger partial charge in [-0.25, -0.2) is 12.8 Å². The first-order valence-corrected chi connectivity index (χ1v) is 8.86. The summed E-state index contributed by atoms with van der Waals surface area (Å²) in [5.41, 5.74) is 0. The molecule has 1 N–H and O–H groups in total. The summed E-state index contributed by atoms with van der Waals surface area (Å²) in [4.78, 5) is 14.1. The van der Waals surface area contributed by atoms with Gasteiger partial charge in [0, 0.05) is 19.1 Å².